The number of nitrogens with one attached hydrogen (secondary N) is 1. The molecule has 0 heterocycles. The van der Waals surface area contributed by atoms with E-state index in [-0.39, 0.29) is 31.1 Å². The number of hydrogen-bond donors (Lipinski definition) is 3. The lowest BCUT2D eigenvalue weighted by atomic mass is 10.0. The van der Waals surface area contributed by atoms with Crippen molar-refractivity contribution in [1.82, 2.24) is 5.32 Å². The van der Waals surface area contributed by atoms with E-state index < -0.39 is 23.6 Å². The molecule has 0 rings (SSSR count). The maximum atomic E-state index is 11.9. The predicted octanol–water partition coefficient (Wildman–Crippen LogP) is 6.00. The van der Waals surface area contributed by atoms with Gasteiger partial charge >= 0.3 is 17.9 Å². The van der Waals surface area contributed by atoms with Crippen LogP contribution in [0.4, 0.5) is 0 Å². The molecule has 0 saturated heterocycles. The minimum atomic E-state index is -1.20. The topological polar surface area (TPSA) is 130 Å². The summed E-state index contributed by atoms with van der Waals surface area (Å²) < 4.78 is 5.31. The number of rotatable bonds is 22. The Hall–Kier alpha value is -2.12. The first-order chi connectivity index (χ1) is 16.5. The summed E-state index contributed by atoms with van der Waals surface area (Å²) in [5.74, 6) is -2.70. The molecule has 1 atom stereocenters. The quantitative estimate of drug-likeness (QED) is 0.123. The molecule has 0 fully saturated rings. The molecule has 0 saturated carbocycles. The number of esters is 1. The Balaban J connectivity index is 3.45. The van der Waals surface area contributed by atoms with Crippen LogP contribution in [0.25, 0.3) is 0 Å². The van der Waals surface area contributed by atoms with Crippen molar-refractivity contribution in [3.63, 3.8) is 0 Å². The molecule has 0 aromatic carbocycles. The molecule has 0 aliphatic rings. The fraction of sp³-hybridized carbons (Fsp3) is 0.852. The first-order valence-electron chi connectivity index (χ1n) is 13.5. The number of carboxylic acid groups (broad SMARTS) is 2. The van der Waals surface area contributed by atoms with Gasteiger partial charge in [0.2, 0.25) is 5.91 Å². The van der Waals surface area contributed by atoms with Crippen molar-refractivity contribution in [2.45, 2.75) is 148 Å². The van der Waals surface area contributed by atoms with Gasteiger partial charge < -0.3 is 20.3 Å². The average molecular weight is 500 g/mol. The molecule has 3 N–H and O–H groups in total. The molecule has 1 amide bonds. The number of unbranched alkanes of at least 4 members (excludes halogenated alkanes) is 13. The summed E-state index contributed by atoms with van der Waals surface area (Å²) in [5.41, 5.74) is -0.392. The maximum absolute atomic E-state index is 11.9. The predicted molar refractivity (Wildman–Crippen MR) is 136 cm³/mol. The molecule has 0 aromatic heterocycles. The summed E-state index contributed by atoms with van der Waals surface area (Å²) >= 11 is 0. The van der Waals surface area contributed by atoms with Crippen LogP contribution in [-0.4, -0.2) is 45.7 Å². The fourth-order valence-corrected chi connectivity index (χ4v) is 3.86. The van der Waals surface area contributed by atoms with E-state index >= 15 is 0 Å². The van der Waals surface area contributed by atoms with E-state index in [9.17, 15) is 19.2 Å². The van der Waals surface area contributed by atoms with Crippen LogP contribution in [0.3, 0.4) is 0 Å². The second-order valence-corrected chi connectivity index (χ2v) is 10.4. The number of aliphatic carboxylic acids is 2. The average Bonchev–Trinajstić information content (AvgIpc) is 2.74. The highest BCUT2D eigenvalue weighted by Gasteiger charge is 2.20. The number of ether oxygens (including phenoxy) is 1. The van der Waals surface area contributed by atoms with Crippen LogP contribution in [0.1, 0.15) is 136 Å². The lowest BCUT2D eigenvalue weighted by Crippen LogP contribution is -2.41. The highest BCUT2D eigenvalue weighted by atomic mass is 16.6. The van der Waals surface area contributed by atoms with Gasteiger partial charge in [-0.2, -0.15) is 0 Å². The number of carbonyl (C=O) groups is 4. The van der Waals surface area contributed by atoms with Gasteiger partial charge in [0.15, 0.2) is 0 Å². The zero-order valence-electron chi connectivity index (χ0n) is 22.2. The Kier molecular flexibility index (Phi) is 18.9. The summed E-state index contributed by atoms with van der Waals surface area (Å²) in [4.78, 5) is 45.2. The van der Waals surface area contributed by atoms with Gasteiger partial charge in [-0.25, -0.2) is 4.79 Å². The van der Waals surface area contributed by atoms with Crippen LogP contribution in [0.2, 0.25) is 0 Å². The van der Waals surface area contributed by atoms with Crippen LogP contribution < -0.4 is 5.32 Å². The van der Waals surface area contributed by atoms with E-state index in [4.69, 9.17) is 14.9 Å². The van der Waals surface area contributed by atoms with Gasteiger partial charge in [0.25, 0.3) is 0 Å². The SMILES string of the molecule is CC(C)(C)OC(=O)CCCCCCCCCCCCCCCCC(=O)N[C@@H](CCC(=O)O)C(=O)O. The van der Waals surface area contributed by atoms with Gasteiger partial charge in [-0.3, -0.25) is 14.4 Å². The summed E-state index contributed by atoms with van der Waals surface area (Å²) in [7, 11) is 0. The molecule has 0 aliphatic heterocycles. The third kappa shape index (κ3) is 23.4. The molecule has 0 bridgehead atoms. The standard InChI is InChI=1S/C27H49NO7/c1-27(2,3)35-25(32)19-17-15-13-11-9-7-5-4-6-8-10-12-14-16-18-23(29)28-22(26(33)34)20-21-24(30)31/h22H,4-21H2,1-3H3,(H,28,29)(H,30,31)(H,33,34)/t22-/m0/s1. The molecule has 0 spiro atoms. The van der Waals surface area contributed by atoms with Crippen molar-refractivity contribution in [2.24, 2.45) is 0 Å². The van der Waals surface area contributed by atoms with E-state index in [1.807, 2.05) is 20.8 Å². The molecule has 0 aromatic rings. The first-order valence-corrected chi connectivity index (χ1v) is 13.5. The summed E-state index contributed by atoms with van der Waals surface area (Å²) in [6.45, 7) is 5.68. The molecule has 0 radical (unpaired) electrons. The second kappa shape index (κ2) is 20.1. The number of amides is 1. The molecule has 8 nitrogen and oxygen atoms in total. The highest BCUT2D eigenvalue weighted by Crippen LogP contribution is 2.15. The normalized spacial score (nSPS) is 12.2. The van der Waals surface area contributed by atoms with Gasteiger partial charge in [0.05, 0.1) is 0 Å². The van der Waals surface area contributed by atoms with Crippen LogP contribution in [0.15, 0.2) is 0 Å². The van der Waals surface area contributed by atoms with Gasteiger partial charge in [-0.1, -0.05) is 77.0 Å². The van der Waals surface area contributed by atoms with Gasteiger partial charge in [-0.15, -0.1) is 0 Å². The van der Waals surface area contributed by atoms with Crippen molar-refractivity contribution in [2.75, 3.05) is 0 Å². The van der Waals surface area contributed by atoms with E-state index in [0.717, 1.165) is 38.5 Å². The molecule has 0 unspecified atom stereocenters. The van der Waals surface area contributed by atoms with Crippen molar-refractivity contribution >= 4 is 23.8 Å². The van der Waals surface area contributed by atoms with E-state index in [2.05, 4.69) is 5.32 Å². The monoisotopic (exact) mass is 499 g/mol. The van der Waals surface area contributed by atoms with E-state index in [1.54, 1.807) is 0 Å². The summed E-state index contributed by atoms with van der Waals surface area (Å²) in [6.07, 6.45) is 16.2. The molecule has 35 heavy (non-hydrogen) atoms. The lowest BCUT2D eigenvalue weighted by molar-refractivity contribution is -0.155. The third-order valence-electron chi connectivity index (χ3n) is 5.73. The minimum absolute atomic E-state index is 0.0955. The molecule has 0 aliphatic carbocycles. The Labute approximate surface area is 211 Å². The van der Waals surface area contributed by atoms with E-state index in [1.165, 1.54) is 51.4 Å². The second-order valence-electron chi connectivity index (χ2n) is 10.4. The highest BCUT2D eigenvalue weighted by molar-refractivity contribution is 5.83. The smallest absolute Gasteiger partial charge is 0.326 e. The maximum Gasteiger partial charge on any atom is 0.326 e. The molecule has 8 heteroatoms. The lowest BCUT2D eigenvalue weighted by Gasteiger charge is -2.19. The third-order valence-corrected chi connectivity index (χ3v) is 5.73. The van der Waals surface area contributed by atoms with Crippen molar-refractivity contribution in [3.8, 4) is 0 Å². The van der Waals surface area contributed by atoms with E-state index in [0.29, 0.717) is 6.42 Å². The van der Waals surface area contributed by atoms with Gasteiger partial charge in [-0.05, 0) is 40.0 Å². The Bertz CT molecular complexity index is 613. The largest absolute Gasteiger partial charge is 0.481 e. The molecular weight excluding hydrogens is 450 g/mol. The molecular formula is C27H49NO7. The zero-order chi connectivity index (χ0) is 26.5. The van der Waals surface area contributed by atoms with Gasteiger partial charge in [0.1, 0.15) is 11.6 Å². The Morgan fingerprint density at radius 2 is 1.06 bits per heavy atom. The Morgan fingerprint density at radius 3 is 1.43 bits per heavy atom. The minimum Gasteiger partial charge on any atom is -0.481 e. The number of carbonyl (C=O) groups excluding carboxylic acids is 2. The van der Waals surface area contributed by atoms with Crippen LogP contribution >= 0.6 is 0 Å². The number of carboxylic acids is 2. The van der Waals surface area contributed by atoms with Crippen molar-refractivity contribution < 1.29 is 34.1 Å². The van der Waals surface area contributed by atoms with Crippen LogP contribution in [0.5, 0.6) is 0 Å². The fourth-order valence-electron chi connectivity index (χ4n) is 3.86. The summed E-state index contributed by atoms with van der Waals surface area (Å²) in [5, 5.41) is 20.1. The van der Waals surface area contributed by atoms with Crippen molar-refractivity contribution in [3.05, 3.63) is 0 Å². The first kappa shape index (κ1) is 32.9. The number of hydrogen-bond acceptors (Lipinski definition) is 5. The summed E-state index contributed by atoms with van der Waals surface area (Å²) in [6, 6.07) is -1.14. The van der Waals surface area contributed by atoms with Crippen molar-refractivity contribution in [1.29, 1.82) is 0 Å². The van der Waals surface area contributed by atoms with Crippen LogP contribution in [-0.2, 0) is 23.9 Å². The Morgan fingerprint density at radius 1 is 0.657 bits per heavy atom. The molecule has 204 valence electrons. The van der Waals surface area contributed by atoms with Crippen LogP contribution in [0, 0.1) is 0 Å². The van der Waals surface area contributed by atoms with Gasteiger partial charge in [0, 0.05) is 19.3 Å². The zero-order valence-corrected chi connectivity index (χ0v) is 22.2.